The second kappa shape index (κ2) is 4.18. The highest BCUT2D eigenvalue weighted by Crippen LogP contribution is 2.17. The molecule has 2 aromatic rings. The van der Waals surface area contributed by atoms with Crippen molar-refractivity contribution >= 4 is 5.82 Å². The summed E-state index contributed by atoms with van der Waals surface area (Å²) in [6, 6.07) is 4.69. The Bertz CT molecular complexity index is 499. The number of nitrogens with zero attached hydrogens (tertiary/aromatic N) is 2. The zero-order valence-electron chi connectivity index (χ0n) is 8.23. The van der Waals surface area contributed by atoms with Crippen LogP contribution in [-0.4, -0.2) is 9.78 Å². The first kappa shape index (κ1) is 10.4. The van der Waals surface area contributed by atoms with Crippen LogP contribution in [0, 0.1) is 11.6 Å². The smallest absolute Gasteiger partial charge is 0.181 e. The molecule has 2 N–H and O–H groups in total. The lowest BCUT2D eigenvalue weighted by molar-refractivity contribution is 0.211. The van der Waals surface area contributed by atoms with E-state index in [4.69, 9.17) is 10.5 Å². The molecular formula is C10H9F2N3O. The maximum Gasteiger partial charge on any atom is 0.181 e. The Morgan fingerprint density at radius 2 is 2.12 bits per heavy atom. The van der Waals surface area contributed by atoms with Gasteiger partial charge in [0.15, 0.2) is 18.3 Å². The van der Waals surface area contributed by atoms with Gasteiger partial charge in [-0.15, -0.1) is 0 Å². The number of hydrogen-bond donors (Lipinski definition) is 1. The molecule has 0 saturated heterocycles. The number of hydrogen-bond acceptors (Lipinski definition) is 3. The van der Waals surface area contributed by atoms with Gasteiger partial charge in [-0.3, -0.25) is 0 Å². The summed E-state index contributed by atoms with van der Waals surface area (Å²) < 4.78 is 32.2. The number of aromatic nitrogens is 2. The van der Waals surface area contributed by atoms with Crippen LogP contribution >= 0.6 is 0 Å². The van der Waals surface area contributed by atoms with Gasteiger partial charge in [-0.1, -0.05) is 0 Å². The predicted molar refractivity (Wildman–Crippen MR) is 53.6 cm³/mol. The van der Waals surface area contributed by atoms with E-state index in [2.05, 4.69) is 5.10 Å². The lowest BCUT2D eigenvalue weighted by Gasteiger charge is -2.06. The van der Waals surface area contributed by atoms with E-state index in [-0.39, 0.29) is 12.5 Å². The van der Waals surface area contributed by atoms with Crippen molar-refractivity contribution in [2.45, 2.75) is 6.73 Å². The minimum absolute atomic E-state index is 0.0136. The Labute approximate surface area is 90.2 Å². The van der Waals surface area contributed by atoms with Gasteiger partial charge in [0.05, 0.1) is 0 Å². The van der Waals surface area contributed by atoms with Gasteiger partial charge in [-0.2, -0.15) is 5.10 Å². The van der Waals surface area contributed by atoms with Gasteiger partial charge in [0, 0.05) is 18.3 Å². The van der Waals surface area contributed by atoms with Crippen molar-refractivity contribution in [1.29, 1.82) is 0 Å². The van der Waals surface area contributed by atoms with Gasteiger partial charge in [-0.05, 0) is 12.1 Å². The molecule has 0 unspecified atom stereocenters. The minimum atomic E-state index is -0.750. The fraction of sp³-hybridized carbons (Fsp3) is 0.100. The number of ether oxygens (including phenoxy) is 1. The number of anilines is 1. The largest absolute Gasteiger partial charge is 0.468 e. The van der Waals surface area contributed by atoms with E-state index < -0.39 is 11.6 Å². The first-order valence-corrected chi connectivity index (χ1v) is 4.52. The van der Waals surface area contributed by atoms with E-state index in [9.17, 15) is 8.78 Å². The van der Waals surface area contributed by atoms with E-state index in [1.165, 1.54) is 10.7 Å². The molecule has 0 bridgehead atoms. The van der Waals surface area contributed by atoms with Gasteiger partial charge < -0.3 is 10.5 Å². The third kappa shape index (κ3) is 2.28. The average Bonchev–Trinajstić information content (AvgIpc) is 2.63. The zero-order chi connectivity index (χ0) is 11.5. The monoisotopic (exact) mass is 225 g/mol. The van der Waals surface area contributed by atoms with Crippen molar-refractivity contribution in [3.63, 3.8) is 0 Å². The van der Waals surface area contributed by atoms with Crippen molar-refractivity contribution in [2.75, 3.05) is 5.73 Å². The fourth-order valence-electron chi connectivity index (χ4n) is 1.18. The van der Waals surface area contributed by atoms with Gasteiger partial charge in [0.2, 0.25) is 0 Å². The lowest BCUT2D eigenvalue weighted by Crippen LogP contribution is -2.07. The van der Waals surface area contributed by atoms with Gasteiger partial charge >= 0.3 is 0 Å². The maximum atomic E-state index is 13.1. The molecular weight excluding hydrogens is 216 g/mol. The van der Waals surface area contributed by atoms with Crippen LogP contribution < -0.4 is 10.5 Å². The summed E-state index contributed by atoms with van der Waals surface area (Å²) in [4.78, 5) is 0. The molecule has 0 spiro atoms. The van der Waals surface area contributed by atoms with Crippen molar-refractivity contribution in [3.05, 3.63) is 42.1 Å². The van der Waals surface area contributed by atoms with Crippen LogP contribution in [0.3, 0.4) is 0 Å². The average molecular weight is 225 g/mol. The van der Waals surface area contributed by atoms with E-state index >= 15 is 0 Å². The molecule has 1 aromatic carbocycles. The standard InChI is InChI=1S/C10H9F2N3O/c11-7-1-2-9(8(12)5-7)16-6-15-4-3-10(13)14-15/h1-5H,6H2,(H2,13,14). The highest BCUT2D eigenvalue weighted by Gasteiger charge is 2.04. The molecule has 84 valence electrons. The van der Waals surface area contributed by atoms with Gasteiger partial charge in [0.25, 0.3) is 0 Å². The van der Waals surface area contributed by atoms with Crippen molar-refractivity contribution in [2.24, 2.45) is 0 Å². The highest BCUT2D eigenvalue weighted by atomic mass is 19.1. The van der Waals surface area contributed by atoms with Gasteiger partial charge in [0.1, 0.15) is 11.6 Å². The van der Waals surface area contributed by atoms with Gasteiger partial charge in [-0.25, -0.2) is 13.5 Å². The molecule has 6 heteroatoms. The molecule has 0 aliphatic heterocycles. The van der Waals surface area contributed by atoms with E-state index in [0.29, 0.717) is 5.82 Å². The Morgan fingerprint density at radius 3 is 2.75 bits per heavy atom. The summed E-state index contributed by atoms with van der Waals surface area (Å²) >= 11 is 0. The van der Waals surface area contributed by atoms with Crippen LogP contribution in [-0.2, 0) is 6.73 Å². The summed E-state index contributed by atoms with van der Waals surface area (Å²) in [5, 5.41) is 3.85. The van der Waals surface area contributed by atoms with Crippen molar-refractivity contribution in [3.8, 4) is 5.75 Å². The van der Waals surface area contributed by atoms with Crippen LogP contribution in [0.25, 0.3) is 0 Å². The fourth-order valence-corrected chi connectivity index (χ4v) is 1.18. The molecule has 16 heavy (non-hydrogen) atoms. The first-order valence-electron chi connectivity index (χ1n) is 4.52. The van der Waals surface area contributed by atoms with Crippen LogP contribution in [0.15, 0.2) is 30.5 Å². The molecule has 0 radical (unpaired) electrons. The number of nitrogens with two attached hydrogens (primary N) is 1. The first-order chi connectivity index (χ1) is 7.65. The molecule has 0 saturated carbocycles. The highest BCUT2D eigenvalue weighted by molar-refractivity contribution is 5.25. The third-order valence-corrected chi connectivity index (χ3v) is 1.91. The summed E-state index contributed by atoms with van der Waals surface area (Å²) in [7, 11) is 0. The lowest BCUT2D eigenvalue weighted by atomic mass is 10.3. The molecule has 1 heterocycles. The topological polar surface area (TPSA) is 53.1 Å². The molecule has 0 amide bonds. The minimum Gasteiger partial charge on any atom is -0.468 e. The number of nitrogen functional groups attached to an aromatic ring is 1. The SMILES string of the molecule is Nc1ccn(COc2ccc(F)cc2F)n1. The quantitative estimate of drug-likeness (QED) is 0.866. The zero-order valence-corrected chi connectivity index (χ0v) is 8.23. The van der Waals surface area contributed by atoms with Crippen LogP contribution in [0.2, 0.25) is 0 Å². The van der Waals surface area contributed by atoms with E-state index in [1.54, 1.807) is 12.3 Å². The number of benzene rings is 1. The normalized spacial score (nSPS) is 10.4. The second-order valence-electron chi connectivity index (χ2n) is 3.13. The molecule has 0 aliphatic carbocycles. The van der Waals surface area contributed by atoms with E-state index in [0.717, 1.165) is 12.1 Å². The molecule has 1 aromatic heterocycles. The molecule has 4 nitrogen and oxygen atoms in total. The van der Waals surface area contributed by atoms with Crippen LogP contribution in [0.1, 0.15) is 0 Å². The van der Waals surface area contributed by atoms with Crippen LogP contribution in [0.4, 0.5) is 14.6 Å². The number of halogens is 2. The Kier molecular flexibility index (Phi) is 2.72. The third-order valence-electron chi connectivity index (χ3n) is 1.91. The maximum absolute atomic E-state index is 13.1. The summed E-state index contributed by atoms with van der Waals surface area (Å²) in [6.45, 7) is 0.0136. The predicted octanol–water partition coefficient (Wildman–Crippen LogP) is 1.78. The van der Waals surface area contributed by atoms with Crippen molar-refractivity contribution in [1.82, 2.24) is 9.78 Å². The second-order valence-corrected chi connectivity index (χ2v) is 3.13. The summed E-state index contributed by atoms with van der Waals surface area (Å²) in [6.07, 6.45) is 1.59. The van der Waals surface area contributed by atoms with Crippen molar-refractivity contribution < 1.29 is 13.5 Å². The molecule has 0 atom stereocenters. The Hall–Kier alpha value is -2.11. The van der Waals surface area contributed by atoms with E-state index in [1.807, 2.05) is 0 Å². The molecule has 0 aliphatic rings. The number of rotatable bonds is 3. The molecule has 2 rings (SSSR count). The molecule has 0 fully saturated rings. The Morgan fingerprint density at radius 1 is 1.31 bits per heavy atom. The van der Waals surface area contributed by atoms with Crippen LogP contribution in [0.5, 0.6) is 5.75 Å². The Balaban J connectivity index is 2.04. The summed E-state index contributed by atoms with van der Waals surface area (Å²) in [5.41, 5.74) is 5.39. The summed E-state index contributed by atoms with van der Waals surface area (Å²) in [5.74, 6) is -1.08.